The Bertz CT molecular complexity index is 391. The number of rotatable bonds is 4. The van der Waals surface area contributed by atoms with E-state index in [-0.39, 0.29) is 12.0 Å². The summed E-state index contributed by atoms with van der Waals surface area (Å²) in [6.07, 6.45) is 7.58. The van der Waals surface area contributed by atoms with E-state index in [2.05, 4.69) is 21.4 Å². The second kappa shape index (κ2) is 4.81. The number of aromatic amines is 1. The number of carbonyl (C=O) groups is 2. The lowest BCUT2D eigenvalue weighted by Crippen LogP contribution is -2.40. The Balaban J connectivity index is 2.64. The SMILES string of the molecule is C#CCC(NC(=O)c1cn[nH]c1)C(=O)O. The number of aliphatic carboxylic acids is 1. The summed E-state index contributed by atoms with van der Waals surface area (Å²) in [5, 5.41) is 17.0. The zero-order valence-corrected chi connectivity index (χ0v) is 7.73. The number of aromatic nitrogens is 2. The van der Waals surface area contributed by atoms with Crippen LogP contribution in [0.3, 0.4) is 0 Å². The van der Waals surface area contributed by atoms with E-state index in [1.165, 1.54) is 12.4 Å². The van der Waals surface area contributed by atoms with Crippen LogP contribution in [0.2, 0.25) is 0 Å². The van der Waals surface area contributed by atoms with E-state index in [1.807, 2.05) is 0 Å². The number of H-pyrrole nitrogens is 1. The topological polar surface area (TPSA) is 95.1 Å². The van der Waals surface area contributed by atoms with Crippen LogP contribution < -0.4 is 5.32 Å². The van der Waals surface area contributed by atoms with Crippen molar-refractivity contribution in [2.75, 3.05) is 0 Å². The van der Waals surface area contributed by atoms with Gasteiger partial charge in [-0.25, -0.2) is 4.79 Å². The zero-order valence-electron chi connectivity index (χ0n) is 7.73. The Morgan fingerprint density at radius 3 is 2.93 bits per heavy atom. The molecule has 0 aromatic carbocycles. The highest BCUT2D eigenvalue weighted by Crippen LogP contribution is 1.97. The van der Waals surface area contributed by atoms with Crippen molar-refractivity contribution in [1.29, 1.82) is 0 Å². The predicted octanol–water partition coefficient (Wildman–Crippen LogP) is -0.384. The number of carboxylic acids is 1. The second-order valence-corrected chi connectivity index (χ2v) is 2.76. The minimum atomic E-state index is -1.16. The Hall–Kier alpha value is -2.29. The molecule has 1 amide bonds. The third kappa shape index (κ3) is 2.84. The summed E-state index contributed by atoms with van der Waals surface area (Å²) in [5.74, 6) is 0.497. The molecule has 0 aliphatic heterocycles. The Labute approximate surface area is 85.7 Å². The first-order valence-electron chi connectivity index (χ1n) is 4.11. The molecule has 1 heterocycles. The molecule has 0 aliphatic rings. The maximum Gasteiger partial charge on any atom is 0.327 e. The maximum atomic E-state index is 11.4. The van der Waals surface area contributed by atoms with Crippen LogP contribution in [-0.2, 0) is 4.79 Å². The molecular formula is C9H9N3O3. The lowest BCUT2D eigenvalue weighted by Gasteiger charge is -2.10. The van der Waals surface area contributed by atoms with Crippen molar-refractivity contribution < 1.29 is 14.7 Å². The van der Waals surface area contributed by atoms with Crippen molar-refractivity contribution in [3.8, 4) is 12.3 Å². The van der Waals surface area contributed by atoms with Crippen molar-refractivity contribution in [3.63, 3.8) is 0 Å². The molecule has 0 aliphatic carbocycles. The fraction of sp³-hybridized carbons (Fsp3) is 0.222. The third-order valence-electron chi connectivity index (χ3n) is 1.69. The van der Waals surface area contributed by atoms with Gasteiger partial charge in [-0.2, -0.15) is 5.10 Å². The van der Waals surface area contributed by atoms with Gasteiger partial charge in [-0.15, -0.1) is 12.3 Å². The van der Waals surface area contributed by atoms with Gasteiger partial charge in [0.2, 0.25) is 0 Å². The summed E-state index contributed by atoms with van der Waals surface area (Å²) >= 11 is 0. The van der Waals surface area contributed by atoms with E-state index >= 15 is 0 Å². The molecule has 0 bridgehead atoms. The monoisotopic (exact) mass is 207 g/mol. The van der Waals surface area contributed by atoms with Gasteiger partial charge in [-0.1, -0.05) is 0 Å². The minimum Gasteiger partial charge on any atom is -0.480 e. The molecule has 1 aromatic rings. The van der Waals surface area contributed by atoms with E-state index in [0.29, 0.717) is 0 Å². The highest BCUT2D eigenvalue weighted by molar-refractivity contribution is 5.96. The molecule has 0 saturated carbocycles. The van der Waals surface area contributed by atoms with Crippen molar-refractivity contribution >= 4 is 11.9 Å². The summed E-state index contributed by atoms with van der Waals surface area (Å²) in [7, 11) is 0. The summed E-state index contributed by atoms with van der Waals surface area (Å²) < 4.78 is 0. The van der Waals surface area contributed by atoms with E-state index in [1.54, 1.807) is 0 Å². The Morgan fingerprint density at radius 1 is 1.73 bits per heavy atom. The van der Waals surface area contributed by atoms with Gasteiger partial charge in [0.05, 0.1) is 11.8 Å². The second-order valence-electron chi connectivity index (χ2n) is 2.76. The fourth-order valence-electron chi connectivity index (χ4n) is 0.935. The van der Waals surface area contributed by atoms with Crippen LogP contribution in [0.4, 0.5) is 0 Å². The van der Waals surface area contributed by atoms with Crippen LogP contribution in [0.15, 0.2) is 12.4 Å². The summed E-state index contributed by atoms with van der Waals surface area (Å²) in [6.45, 7) is 0. The Kier molecular flexibility index (Phi) is 3.46. The number of carbonyl (C=O) groups excluding carboxylic acids is 1. The van der Waals surface area contributed by atoms with Gasteiger partial charge in [-0.05, 0) is 0 Å². The van der Waals surface area contributed by atoms with Gasteiger partial charge >= 0.3 is 5.97 Å². The fourth-order valence-corrected chi connectivity index (χ4v) is 0.935. The summed E-state index contributed by atoms with van der Waals surface area (Å²) in [5.41, 5.74) is 0.262. The first-order valence-corrected chi connectivity index (χ1v) is 4.11. The Morgan fingerprint density at radius 2 is 2.47 bits per heavy atom. The van der Waals surface area contributed by atoms with Crippen molar-refractivity contribution in [3.05, 3.63) is 18.0 Å². The van der Waals surface area contributed by atoms with E-state index < -0.39 is 17.9 Å². The minimum absolute atomic E-state index is 0.0566. The number of nitrogens with one attached hydrogen (secondary N) is 2. The molecule has 1 aromatic heterocycles. The van der Waals surface area contributed by atoms with Gasteiger partial charge < -0.3 is 10.4 Å². The summed E-state index contributed by atoms with van der Waals surface area (Å²) in [6, 6.07) is -1.07. The molecule has 1 atom stereocenters. The van der Waals surface area contributed by atoms with Gasteiger partial charge in [0.1, 0.15) is 6.04 Å². The van der Waals surface area contributed by atoms with Crippen molar-refractivity contribution in [2.45, 2.75) is 12.5 Å². The van der Waals surface area contributed by atoms with Gasteiger partial charge in [0.25, 0.3) is 5.91 Å². The molecule has 1 rings (SSSR count). The van der Waals surface area contributed by atoms with E-state index in [4.69, 9.17) is 11.5 Å². The molecule has 0 saturated heterocycles. The number of amides is 1. The average Bonchev–Trinajstić information content (AvgIpc) is 2.69. The van der Waals surface area contributed by atoms with Crippen molar-refractivity contribution in [1.82, 2.24) is 15.5 Å². The number of hydrogen-bond donors (Lipinski definition) is 3. The molecule has 6 heteroatoms. The molecular weight excluding hydrogens is 198 g/mol. The first-order chi connectivity index (χ1) is 7.15. The normalized spacial score (nSPS) is 11.4. The maximum absolute atomic E-state index is 11.4. The highest BCUT2D eigenvalue weighted by Gasteiger charge is 2.19. The lowest BCUT2D eigenvalue weighted by molar-refractivity contribution is -0.139. The average molecular weight is 207 g/mol. The molecule has 78 valence electrons. The van der Waals surface area contributed by atoms with Crippen LogP contribution in [-0.4, -0.2) is 33.2 Å². The van der Waals surface area contributed by atoms with Crippen LogP contribution in [0.25, 0.3) is 0 Å². The molecule has 6 nitrogen and oxygen atoms in total. The first kappa shape index (κ1) is 10.8. The van der Waals surface area contributed by atoms with Crippen LogP contribution in [0.1, 0.15) is 16.8 Å². The standard InChI is InChI=1S/C9H9N3O3/c1-2-3-7(9(14)15)12-8(13)6-4-10-11-5-6/h1,4-5,7H,3H2,(H,10,11)(H,12,13)(H,14,15). The highest BCUT2D eigenvalue weighted by atomic mass is 16.4. The molecule has 0 fully saturated rings. The third-order valence-corrected chi connectivity index (χ3v) is 1.69. The molecule has 3 N–H and O–H groups in total. The van der Waals surface area contributed by atoms with Gasteiger partial charge in [0.15, 0.2) is 0 Å². The smallest absolute Gasteiger partial charge is 0.327 e. The van der Waals surface area contributed by atoms with Crippen LogP contribution in [0, 0.1) is 12.3 Å². The predicted molar refractivity (Wildman–Crippen MR) is 50.9 cm³/mol. The number of nitrogens with zero attached hydrogens (tertiary/aromatic N) is 1. The van der Waals surface area contributed by atoms with Crippen LogP contribution >= 0.6 is 0 Å². The van der Waals surface area contributed by atoms with Gasteiger partial charge in [-0.3, -0.25) is 9.89 Å². The lowest BCUT2D eigenvalue weighted by atomic mass is 10.2. The largest absolute Gasteiger partial charge is 0.480 e. The van der Waals surface area contributed by atoms with Crippen LogP contribution in [0.5, 0.6) is 0 Å². The van der Waals surface area contributed by atoms with Gasteiger partial charge in [0, 0.05) is 12.6 Å². The number of carboxylic acid groups (broad SMARTS) is 1. The quantitative estimate of drug-likeness (QED) is 0.586. The molecule has 1 unspecified atom stereocenters. The number of terminal acetylenes is 1. The molecule has 0 radical (unpaired) electrons. The van der Waals surface area contributed by atoms with E-state index in [9.17, 15) is 9.59 Å². The van der Waals surface area contributed by atoms with E-state index in [0.717, 1.165) is 0 Å². The number of hydrogen-bond acceptors (Lipinski definition) is 3. The summed E-state index contributed by atoms with van der Waals surface area (Å²) in [4.78, 5) is 22.1. The molecule has 0 spiro atoms. The molecule has 15 heavy (non-hydrogen) atoms. The van der Waals surface area contributed by atoms with Crippen molar-refractivity contribution in [2.24, 2.45) is 0 Å². The zero-order chi connectivity index (χ0) is 11.3.